The quantitative estimate of drug-likeness (QED) is 0.771. The second-order valence-corrected chi connectivity index (χ2v) is 6.94. The molecular weight excluding hydrogens is 352 g/mol. The molecule has 2 aromatic rings. The van der Waals surface area contributed by atoms with Gasteiger partial charge in [0.2, 0.25) is 0 Å². The van der Waals surface area contributed by atoms with Crippen molar-refractivity contribution < 1.29 is 19.1 Å². The molecule has 1 saturated heterocycles. The van der Waals surface area contributed by atoms with Crippen molar-refractivity contribution >= 4 is 29.0 Å². The van der Waals surface area contributed by atoms with Crippen LogP contribution in [0.3, 0.4) is 0 Å². The number of cyclic esters (lactones) is 1. The minimum absolute atomic E-state index is 0.0392. The Hall–Kier alpha value is -2.91. The number of nitrogens with two attached hydrogens (primary N) is 1. The lowest BCUT2D eigenvalue weighted by atomic mass is 9.94. The number of rotatable bonds is 5. The molecule has 0 spiro atoms. The number of carbonyl (C=O) groups is 2. The third-order valence-electron chi connectivity index (χ3n) is 5.08. The molecule has 10 heteroatoms. The zero-order chi connectivity index (χ0) is 18.8. The highest BCUT2D eigenvalue weighted by molar-refractivity contribution is 5.82. The van der Waals surface area contributed by atoms with Gasteiger partial charge in [-0.2, -0.15) is 0 Å². The zero-order valence-corrected chi connectivity index (χ0v) is 14.9. The molecule has 2 aliphatic rings. The van der Waals surface area contributed by atoms with E-state index in [0.717, 1.165) is 25.7 Å². The van der Waals surface area contributed by atoms with Crippen LogP contribution in [0.2, 0.25) is 0 Å². The Morgan fingerprint density at radius 1 is 1.26 bits per heavy atom. The van der Waals surface area contributed by atoms with E-state index in [1.165, 1.54) is 19.1 Å². The van der Waals surface area contributed by atoms with Crippen LogP contribution in [0.5, 0.6) is 0 Å². The number of carbonyl (C=O) groups excluding carboxylic acids is 2. The van der Waals surface area contributed by atoms with E-state index in [1.807, 2.05) is 0 Å². The molecule has 0 aromatic carbocycles. The Labute approximate surface area is 155 Å². The standard InChI is InChI=1S/C17H22N6O4/c18-15-14-16(20-9-19-15)22(10-21-14)7-13(24)26-8-12-6-23(17(25)27-12)11-4-2-1-3-5-11/h9-12H,1-8H2,(H2,18,19,20). The van der Waals surface area contributed by atoms with Crippen LogP contribution in [-0.4, -0.2) is 61.8 Å². The molecule has 1 unspecified atom stereocenters. The second-order valence-electron chi connectivity index (χ2n) is 6.94. The Balaban J connectivity index is 1.30. The van der Waals surface area contributed by atoms with Gasteiger partial charge in [-0.15, -0.1) is 0 Å². The van der Waals surface area contributed by atoms with Crippen molar-refractivity contribution in [2.45, 2.75) is 50.8 Å². The largest absolute Gasteiger partial charge is 0.460 e. The molecule has 2 fully saturated rings. The first kappa shape index (κ1) is 17.5. The van der Waals surface area contributed by atoms with Crippen molar-refractivity contribution in [2.75, 3.05) is 18.9 Å². The number of aromatic nitrogens is 4. The maximum absolute atomic E-state index is 12.2. The minimum Gasteiger partial charge on any atom is -0.460 e. The number of hydrogen-bond acceptors (Lipinski definition) is 8. The van der Waals surface area contributed by atoms with Crippen LogP contribution in [0, 0.1) is 0 Å². The topological polar surface area (TPSA) is 125 Å². The molecule has 0 radical (unpaired) electrons. The van der Waals surface area contributed by atoms with Crippen LogP contribution in [-0.2, 0) is 20.8 Å². The van der Waals surface area contributed by atoms with Gasteiger partial charge in [0.15, 0.2) is 17.6 Å². The van der Waals surface area contributed by atoms with Gasteiger partial charge in [0.25, 0.3) is 0 Å². The lowest BCUT2D eigenvalue weighted by Gasteiger charge is -2.28. The van der Waals surface area contributed by atoms with Gasteiger partial charge in [-0.3, -0.25) is 4.79 Å². The fourth-order valence-electron chi connectivity index (χ4n) is 3.70. The molecule has 0 bridgehead atoms. The maximum Gasteiger partial charge on any atom is 0.410 e. The predicted octanol–water partition coefficient (Wildman–Crippen LogP) is 1.11. The van der Waals surface area contributed by atoms with Crippen molar-refractivity contribution in [2.24, 2.45) is 0 Å². The van der Waals surface area contributed by atoms with E-state index in [2.05, 4.69) is 15.0 Å². The molecule has 2 aromatic heterocycles. The average Bonchev–Trinajstić information content (AvgIpc) is 3.25. The van der Waals surface area contributed by atoms with Crippen LogP contribution in [0.15, 0.2) is 12.7 Å². The number of fused-ring (bicyclic) bond motifs is 1. The van der Waals surface area contributed by atoms with Crippen LogP contribution in [0.25, 0.3) is 11.2 Å². The van der Waals surface area contributed by atoms with E-state index in [4.69, 9.17) is 15.2 Å². The van der Waals surface area contributed by atoms with Crippen molar-refractivity contribution in [3.05, 3.63) is 12.7 Å². The Bertz CT molecular complexity index is 847. The summed E-state index contributed by atoms with van der Waals surface area (Å²) in [5.74, 6) is -0.202. The fraction of sp³-hybridized carbons (Fsp3) is 0.588. The number of hydrogen-bond donors (Lipinski definition) is 1. The van der Waals surface area contributed by atoms with Crippen molar-refractivity contribution in [1.29, 1.82) is 0 Å². The van der Waals surface area contributed by atoms with Crippen molar-refractivity contribution in [1.82, 2.24) is 24.4 Å². The molecule has 3 heterocycles. The lowest BCUT2D eigenvalue weighted by molar-refractivity contribution is -0.146. The van der Waals surface area contributed by atoms with Crippen molar-refractivity contribution in [3.8, 4) is 0 Å². The van der Waals surface area contributed by atoms with Crippen LogP contribution < -0.4 is 5.73 Å². The molecule has 1 amide bonds. The molecule has 1 saturated carbocycles. The summed E-state index contributed by atoms with van der Waals surface area (Å²) in [6.07, 6.45) is 7.58. The molecule has 1 aliphatic heterocycles. The molecule has 1 aliphatic carbocycles. The van der Waals surface area contributed by atoms with Gasteiger partial charge in [-0.1, -0.05) is 19.3 Å². The molecule has 27 heavy (non-hydrogen) atoms. The van der Waals surface area contributed by atoms with Crippen molar-refractivity contribution in [3.63, 3.8) is 0 Å². The maximum atomic E-state index is 12.2. The van der Waals surface area contributed by atoms with Gasteiger partial charge in [-0.05, 0) is 12.8 Å². The van der Waals surface area contributed by atoms with Gasteiger partial charge in [0.1, 0.15) is 25.0 Å². The summed E-state index contributed by atoms with van der Waals surface area (Å²) in [7, 11) is 0. The van der Waals surface area contributed by atoms with Crippen LogP contribution in [0.4, 0.5) is 10.6 Å². The van der Waals surface area contributed by atoms with E-state index in [-0.39, 0.29) is 31.1 Å². The third-order valence-corrected chi connectivity index (χ3v) is 5.08. The number of esters is 1. The summed E-state index contributed by atoms with van der Waals surface area (Å²) in [5, 5.41) is 0. The first-order chi connectivity index (χ1) is 13.1. The molecule has 10 nitrogen and oxygen atoms in total. The number of nitrogens with zero attached hydrogens (tertiary/aromatic N) is 5. The summed E-state index contributed by atoms with van der Waals surface area (Å²) < 4.78 is 12.2. The van der Waals surface area contributed by atoms with Gasteiger partial charge in [0, 0.05) is 6.04 Å². The van der Waals surface area contributed by atoms with Gasteiger partial charge in [0.05, 0.1) is 12.9 Å². The number of imidazole rings is 1. The lowest BCUT2D eigenvalue weighted by Crippen LogP contribution is -2.38. The Morgan fingerprint density at radius 2 is 2.07 bits per heavy atom. The summed E-state index contributed by atoms with van der Waals surface area (Å²) in [6.45, 7) is 0.450. The number of amides is 1. The zero-order valence-electron chi connectivity index (χ0n) is 14.9. The minimum atomic E-state index is -0.460. The van der Waals surface area contributed by atoms with E-state index in [0.29, 0.717) is 17.7 Å². The van der Waals surface area contributed by atoms with Gasteiger partial charge < -0.3 is 24.7 Å². The predicted molar refractivity (Wildman–Crippen MR) is 94.5 cm³/mol. The Morgan fingerprint density at radius 3 is 2.89 bits per heavy atom. The number of anilines is 1. The fourth-order valence-corrected chi connectivity index (χ4v) is 3.70. The van der Waals surface area contributed by atoms with E-state index < -0.39 is 12.1 Å². The van der Waals surface area contributed by atoms with Crippen LogP contribution in [0.1, 0.15) is 32.1 Å². The highest BCUT2D eigenvalue weighted by Crippen LogP contribution is 2.26. The third kappa shape index (κ3) is 3.64. The Kier molecular flexibility index (Phi) is 4.78. The molecule has 4 rings (SSSR count). The van der Waals surface area contributed by atoms with Gasteiger partial charge >= 0.3 is 12.1 Å². The number of nitrogen functional groups attached to an aromatic ring is 1. The highest BCUT2D eigenvalue weighted by atomic mass is 16.6. The monoisotopic (exact) mass is 374 g/mol. The molecule has 2 N–H and O–H groups in total. The van der Waals surface area contributed by atoms with E-state index >= 15 is 0 Å². The summed E-state index contributed by atoms with van der Waals surface area (Å²) >= 11 is 0. The smallest absolute Gasteiger partial charge is 0.410 e. The average molecular weight is 374 g/mol. The normalized spacial score (nSPS) is 20.8. The summed E-state index contributed by atoms with van der Waals surface area (Å²) in [6, 6.07) is 0.245. The molecule has 144 valence electrons. The SMILES string of the molecule is Nc1ncnc2c1ncn2CC(=O)OCC1CN(C2CCCCC2)C(=O)O1. The second kappa shape index (κ2) is 7.37. The summed E-state index contributed by atoms with van der Waals surface area (Å²) in [4.78, 5) is 38.1. The van der Waals surface area contributed by atoms with Crippen LogP contribution >= 0.6 is 0 Å². The van der Waals surface area contributed by atoms with E-state index in [9.17, 15) is 9.59 Å². The summed E-state index contributed by atoms with van der Waals surface area (Å²) in [5.41, 5.74) is 6.64. The van der Waals surface area contributed by atoms with Gasteiger partial charge in [-0.25, -0.2) is 19.7 Å². The number of ether oxygens (including phenoxy) is 2. The molecular formula is C17H22N6O4. The first-order valence-electron chi connectivity index (χ1n) is 9.16. The highest BCUT2D eigenvalue weighted by Gasteiger charge is 2.37. The first-order valence-corrected chi connectivity index (χ1v) is 9.16. The molecule has 1 atom stereocenters. The van der Waals surface area contributed by atoms with E-state index in [1.54, 1.807) is 9.47 Å².